The van der Waals surface area contributed by atoms with Gasteiger partial charge < -0.3 is 14.6 Å². The van der Waals surface area contributed by atoms with Crippen molar-refractivity contribution >= 4 is 16.9 Å². The summed E-state index contributed by atoms with van der Waals surface area (Å²) in [7, 11) is 1.63. The molecule has 5 heteroatoms. The van der Waals surface area contributed by atoms with E-state index in [0.29, 0.717) is 19.2 Å². The molecule has 1 fully saturated rings. The first-order chi connectivity index (χ1) is 9.28. The van der Waals surface area contributed by atoms with Gasteiger partial charge in [0.25, 0.3) is 0 Å². The molecule has 5 nitrogen and oxygen atoms in total. The molecule has 19 heavy (non-hydrogen) atoms. The topological polar surface area (TPSA) is 56.2 Å². The number of methoxy groups -OCH3 is 1. The van der Waals surface area contributed by atoms with Gasteiger partial charge in [-0.2, -0.15) is 0 Å². The summed E-state index contributed by atoms with van der Waals surface area (Å²) >= 11 is 0. The Morgan fingerprint density at radius 1 is 1.47 bits per heavy atom. The Morgan fingerprint density at radius 3 is 3.00 bits per heavy atom. The van der Waals surface area contributed by atoms with Crippen LogP contribution in [0, 0.1) is 0 Å². The van der Waals surface area contributed by atoms with E-state index in [9.17, 15) is 4.79 Å². The van der Waals surface area contributed by atoms with E-state index in [0.717, 1.165) is 29.7 Å². The standard InChI is InChI=1S/C14H17N3O2/c1-19-9-13-16-11-4-2-3-5-12(11)17(13)8-14(18)15-10-6-7-10/h2-5,10H,6-9H2,1H3,(H,15,18). The van der Waals surface area contributed by atoms with Gasteiger partial charge in [0.1, 0.15) is 19.0 Å². The van der Waals surface area contributed by atoms with Crippen LogP contribution >= 0.6 is 0 Å². The molecule has 0 atom stereocenters. The van der Waals surface area contributed by atoms with Crippen molar-refractivity contribution in [2.45, 2.75) is 32.0 Å². The van der Waals surface area contributed by atoms with Gasteiger partial charge in [-0.15, -0.1) is 0 Å². The smallest absolute Gasteiger partial charge is 0.240 e. The molecule has 0 radical (unpaired) electrons. The molecule has 3 rings (SSSR count). The first kappa shape index (κ1) is 12.2. The minimum Gasteiger partial charge on any atom is -0.377 e. The third kappa shape index (κ3) is 2.61. The second-order valence-electron chi connectivity index (χ2n) is 4.88. The third-order valence-corrected chi connectivity index (χ3v) is 3.25. The molecule has 100 valence electrons. The monoisotopic (exact) mass is 259 g/mol. The van der Waals surface area contributed by atoms with Crippen LogP contribution in [-0.2, 0) is 22.7 Å². The zero-order chi connectivity index (χ0) is 13.2. The number of para-hydroxylation sites is 2. The Labute approximate surface area is 111 Å². The molecular weight excluding hydrogens is 242 g/mol. The van der Waals surface area contributed by atoms with Crippen molar-refractivity contribution in [1.29, 1.82) is 0 Å². The Kier molecular flexibility index (Phi) is 3.21. The minimum absolute atomic E-state index is 0.0445. The predicted octanol–water partition coefficient (Wildman–Crippen LogP) is 1.46. The summed E-state index contributed by atoms with van der Waals surface area (Å²) in [5.74, 6) is 0.831. The van der Waals surface area contributed by atoms with Gasteiger partial charge in [0.15, 0.2) is 0 Å². The maximum Gasteiger partial charge on any atom is 0.240 e. The number of carbonyl (C=O) groups is 1. The molecule has 1 aliphatic rings. The van der Waals surface area contributed by atoms with Crippen molar-refractivity contribution in [1.82, 2.24) is 14.9 Å². The van der Waals surface area contributed by atoms with Gasteiger partial charge in [0.05, 0.1) is 11.0 Å². The predicted molar refractivity (Wildman–Crippen MR) is 71.6 cm³/mol. The molecule has 1 N–H and O–H groups in total. The highest BCUT2D eigenvalue weighted by atomic mass is 16.5. The maximum atomic E-state index is 12.0. The van der Waals surface area contributed by atoms with Crippen molar-refractivity contribution in [2.24, 2.45) is 0 Å². The first-order valence-corrected chi connectivity index (χ1v) is 6.50. The lowest BCUT2D eigenvalue weighted by Crippen LogP contribution is -2.29. The Balaban J connectivity index is 1.89. The van der Waals surface area contributed by atoms with Crippen LogP contribution < -0.4 is 5.32 Å². The van der Waals surface area contributed by atoms with Crippen LogP contribution in [0.4, 0.5) is 0 Å². The quantitative estimate of drug-likeness (QED) is 0.884. The Morgan fingerprint density at radius 2 is 2.26 bits per heavy atom. The molecule has 1 saturated carbocycles. The molecule has 1 aromatic heterocycles. The zero-order valence-electron chi connectivity index (χ0n) is 10.9. The van der Waals surface area contributed by atoms with Crippen LogP contribution in [0.3, 0.4) is 0 Å². The van der Waals surface area contributed by atoms with Crippen LogP contribution in [0.15, 0.2) is 24.3 Å². The lowest BCUT2D eigenvalue weighted by molar-refractivity contribution is -0.121. The summed E-state index contributed by atoms with van der Waals surface area (Å²) in [6.45, 7) is 0.709. The first-order valence-electron chi connectivity index (χ1n) is 6.50. The summed E-state index contributed by atoms with van der Waals surface area (Å²) in [5.41, 5.74) is 1.87. The van der Waals surface area contributed by atoms with Gasteiger partial charge in [0, 0.05) is 13.2 Å². The summed E-state index contributed by atoms with van der Waals surface area (Å²) in [5, 5.41) is 3.00. The van der Waals surface area contributed by atoms with Gasteiger partial charge in [-0.1, -0.05) is 12.1 Å². The molecule has 0 bridgehead atoms. The molecule has 0 saturated heterocycles. The van der Waals surface area contributed by atoms with Crippen molar-refractivity contribution in [3.05, 3.63) is 30.1 Å². The number of carbonyl (C=O) groups excluding carboxylic acids is 1. The molecule has 0 aliphatic heterocycles. The van der Waals surface area contributed by atoms with Crippen LogP contribution in [0.25, 0.3) is 11.0 Å². The number of hydrogen-bond donors (Lipinski definition) is 1. The SMILES string of the molecule is COCc1nc2ccccc2n1CC(=O)NC1CC1. The van der Waals surface area contributed by atoms with E-state index >= 15 is 0 Å². The average Bonchev–Trinajstić information content (AvgIpc) is 3.14. The largest absolute Gasteiger partial charge is 0.377 e. The van der Waals surface area contributed by atoms with E-state index in [1.165, 1.54) is 0 Å². The van der Waals surface area contributed by atoms with Gasteiger partial charge in [-0.25, -0.2) is 4.98 Å². The van der Waals surface area contributed by atoms with Crippen LogP contribution in [0.2, 0.25) is 0 Å². The summed E-state index contributed by atoms with van der Waals surface area (Å²) in [4.78, 5) is 16.5. The Hall–Kier alpha value is -1.88. The van der Waals surface area contributed by atoms with Gasteiger partial charge >= 0.3 is 0 Å². The second-order valence-corrected chi connectivity index (χ2v) is 4.88. The second kappa shape index (κ2) is 5.01. The molecule has 0 unspecified atom stereocenters. The summed E-state index contributed by atoms with van der Waals surface area (Å²) in [6, 6.07) is 8.21. The number of nitrogens with zero attached hydrogens (tertiary/aromatic N) is 2. The fourth-order valence-corrected chi connectivity index (χ4v) is 2.19. The number of imidazole rings is 1. The van der Waals surface area contributed by atoms with Gasteiger partial charge in [-0.3, -0.25) is 4.79 Å². The Bertz CT molecular complexity index is 602. The van der Waals surface area contributed by atoms with E-state index in [1.807, 2.05) is 28.8 Å². The third-order valence-electron chi connectivity index (χ3n) is 3.25. The normalized spacial score (nSPS) is 14.8. The van der Waals surface area contributed by atoms with Crippen LogP contribution in [0.5, 0.6) is 0 Å². The number of amides is 1. The highest BCUT2D eigenvalue weighted by Crippen LogP contribution is 2.20. The molecule has 1 heterocycles. The van der Waals surface area contributed by atoms with Crippen molar-refractivity contribution in [3.63, 3.8) is 0 Å². The zero-order valence-corrected chi connectivity index (χ0v) is 10.9. The maximum absolute atomic E-state index is 12.0. The van der Waals surface area contributed by atoms with Gasteiger partial charge in [0.2, 0.25) is 5.91 Å². The van der Waals surface area contributed by atoms with E-state index in [2.05, 4.69) is 10.3 Å². The van der Waals surface area contributed by atoms with E-state index in [-0.39, 0.29) is 5.91 Å². The number of nitrogens with one attached hydrogen (secondary N) is 1. The highest BCUT2D eigenvalue weighted by molar-refractivity contribution is 5.81. The number of ether oxygens (including phenoxy) is 1. The molecule has 0 spiro atoms. The summed E-state index contributed by atoms with van der Waals surface area (Å²) < 4.78 is 7.09. The fraction of sp³-hybridized carbons (Fsp3) is 0.429. The fourth-order valence-electron chi connectivity index (χ4n) is 2.19. The minimum atomic E-state index is 0.0445. The molecule has 1 aliphatic carbocycles. The van der Waals surface area contributed by atoms with Crippen molar-refractivity contribution in [2.75, 3.05) is 7.11 Å². The molecule has 2 aromatic rings. The average molecular weight is 259 g/mol. The number of hydrogen-bond acceptors (Lipinski definition) is 3. The molecular formula is C14H17N3O2. The van der Waals surface area contributed by atoms with E-state index in [4.69, 9.17) is 4.74 Å². The van der Waals surface area contributed by atoms with Gasteiger partial charge in [-0.05, 0) is 25.0 Å². The number of benzene rings is 1. The summed E-state index contributed by atoms with van der Waals surface area (Å²) in [6.07, 6.45) is 2.20. The lowest BCUT2D eigenvalue weighted by atomic mass is 10.3. The van der Waals surface area contributed by atoms with Crippen molar-refractivity contribution in [3.8, 4) is 0 Å². The van der Waals surface area contributed by atoms with Crippen LogP contribution in [0.1, 0.15) is 18.7 Å². The highest BCUT2D eigenvalue weighted by Gasteiger charge is 2.24. The number of aromatic nitrogens is 2. The van der Waals surface area contributed by atoms with E-state index < -0.39 is 0 Å². The number of rotatable bonds is 5. The molecule has 1 aromatic carbocycles. The van der Waals surface area contributed by atoms with E-state index in [1.54, 1.807) is 7.11 Å². The van der Waals surface area contributed by atoms with Crippen molar-refractivity contribution < 1.29 is 9.53 Å². The lowest BCUT2D eigenvalue weighted by Gasteiger charge is -2.09. The van der Waals surface area contributed by atoms with Crippen LogP contribution in [-0.4, -0.2) is 28.6 Å². The number of fused-ring (bicyclic) bond motifs is 1. The molecule has 1 amide bonds.